The van der Waals surface area contributed by atoms with Gasteiger partial charge in [0.05, 0.1) is 39.9 Å². The molecule has 2 N–H and O–H groups in total. The third kappa shape index (κ3) is 69.5. The highest BCUT2D eigenvalue weighted by Gasteiger charge is 2.23. The van der Waals surface area contributed by atoms with Crippen LogP contribution in [-0.2, 0) is 18.4 Å². The molecule has 0 aliphatic heterocycles. The Morgan fingerprint density at radius 2 is 0.694 bits per heavy atom. The van der Waals surface area contributed by atoms with Crippen LogP contribution in [0, 0.1) is 0 Å². The number of allylic oxidation sites excluding steroid dienone is 9. The molecule has 0 aromatic heterocycles. The van der Waals surface area contributed by atoms with E-state index in [2.05, 4.69) is 67.8 Å². The monoisotopic (exact) mass is 1210 g/mol. The van der Waals surface area contributed by atoms with Gasteiger partial charge in [0, 0.05) is 6.42 Å². The minimum Gasteiger partial charge on any atom is -0.756 e. The second kappa shape index (κ2) is 66.6. The number of nitrogens with one attached hydrogen (secondary N) is 1. The summed E-state index contributed by atoms with van der Waals surface area (Å²) in [5.41, 5.74) is 0. The fraction of sp³-hybridized carbons (Fsp3) is 0.855. The summed E-state index contributed by atoms with van der Waals surface area (Å²) in [4.78, 5) is 25.7. The second-order valence-electron chi connectivity index (χ2n) is 26.6. The second-order valence-corrected chi connectivity index (χ2v) is 28.1. The predicted molar refractivity (Wildman–Crippen MR) is 371 cm³/mol. The molecule has 0 saturated carbocycles. The lowest BCUT2D eigenvalue weighted by Gasteiger charge is -2.29. The highest BCUT2D eigenvalue weighted by molar-refractivity contribution is 7.45. The smallest absolute Gasteiger partial charge is 0.268 e. The Hall–Kier alpha value is -1.80. The maximum atomic E-state index is 13.1. The Labute approximate surface area is 530 Å². The molecule has 0 aromatic rings. The fourth-order valence-corrected chi connectivity index (χ4v) is 11.9. The molecule has 3 unspecified atom stereocenters. The standard InChI is InChI=1S/C76H145N2O6P/c1-6-8-10-12-14-16-18-20-22-24-26-28-30-32-34-36-38-39-40-42-44-46-48-50-52-54-56-58-60-62-64-66-68-70-76(80)77-74(73-84-85(81,82)83-72-71-78(3,4)5)75(79)69-67-65-63-61-59-57-55-53-51-49-47-45-43-41-37-35-33-31-29-27-25-23-21-19-17-15-13-11-9-7-2/h18,20,24,26,30,32,59,61,67,69,74-75,79H,6-17,19,21-23,25,27-29,31,33-58,60,62-66,68,70-73H2,1-5H3,(H-,77,80,81,82)/b20-18-,26-24-,32-30-,61-59+,69-67+. The number of carbonyl (C=O) groups excluding carboxylic acids is 1. The van der Waals surface area contributed by atoms with E-state index in [-0.39, 0.29) is 12.5 Å². The van der Waals surface area contributed by atoms with Crippen molar-refractivity contribution in [2.45, 2.75) is 379 Å². The van der Waals surface area contributed by atoms with Gasteiger partial charge in [-0.3, -0.25) is 9.36 Å². The van der Waals surface area contributed by atoms with Crippen molar-refractivity contribution in [1.82, 2.24) is 5.32 Å². The number of rotatable bonds is 69. The van der Waals surface area contributed by atoms with Crippen LogP contribution in [0.1, 0.15) is 367 Å². The largest absolute Gasteiger partial charge is 0.756 e. The van der Waals surface area contributed by atoms with Crippen molar-refractivity contribution in [3.05, 3.63) is 60.8 Å². The summed E-state index contributed by atoms with van der Waals surface area (Å²) in [6, 6.07) is -0.906. The highest BCUT2D eigenvalue weighted by atomic mass is 31.2. The van der Waals surface area contributed by atoms with E-state index in [4.69, 9.17) is 9.05 Å². The molecule has 8 nitrogen and oxygen atoms in total. The molecule has 85 heavy (non-hydrogen) atoms. The van der Waals surface area contributed by atoms with Gasteiger partial charge in [-0.1, -0.05) is 351 Å². The Morgan fingerprint density at radius 3 is 1.04 bits per heavy atom. The van der Waals surface area contributed by atoms with Crippen LogP contribution in [-0.4, -0.2) is 68.5 Å². The number of likely N-dealkylation sites (N-methyl/N-ethyl adjacent to an activating group) is 1. The first kappa shape index (κ1) is 83.2. The number of amides is 1. The molecular weight excluding hydrogens is 1070 g/mol. The van der Waals surface area contributed by atoms with Crippen molar-refractivity contribution in [2.75, 3.05) is 40.9 Å². The summed E-state index contributed by atoms with van der Waals surface area (Å²) in [5.74, 6) is -0.202. The van der Waals surface area contributed by atoms with Gasteiger partial charge in [0.25, 0.3) is 7.82 Å². The number of unbranched alkanes of at least 4 members (excludes halogenated alkanes) is 48. The lowest BCUT2D eigenvalue weighted by atomic mass is 10.0. The Balaban J connectivity index is 4.05. The Kier molecular flexibility index (Phi) is 65.2. The summed E-state index contributed by atoms with van der Waals surface area (Å²) >= 11 is 0. The Bertz CT molecular complexity index is 1570. The molecule has 0 bridgehead atoms. The van der Waals surface area contributed by atoms with Gasteiger partial charge in [-0.15, -0.1) is 0 Å². The van der Waals surface area contributed by atoms with Crippen molar-refractivity contribution in [2.24, 2.45) is 0 Å². The molecular formula is C76H145N2O6P. The van der Waals surface area contributed by atoms with Crippen molar-refractivity contribution < 1.29 is 32.9 Å². The number of hydrogen-bond donors (Lipinski definition) is 2. The maximum Gasteiger partial charge on any atom is 0.268 e. The summed E-state index contributed by atoms with van der Waals surface area (Å²) in [6.45, 7) is 4.67. The molecule has 0 saturated heterocycles. The molecule has 3 atom stereocenters. The van der Waals surface area contributed by atoms with E-state index >= 15 is 0 Å². The van der Waals surface area contributed by atoms with Gasteiger partial charge in [0.15, 0.2) is 0 Å². The summed E-state index contributed by atoms with van der Waals surface area (Å²) in [5, 5.41) is 14.0. The molecule has 0 rings (SSSR count). The average Bonchev–Trinajstić information content (AvgIpc) is 3.49. The molecule has 500 valence electrons. The van der Waals surface area contributed by atoms with Crippen molar-refractivity contribution in [3.8, 4) is 0 Å². The number of quaternary nitrogens is 1. The molecule has 0 heterocycles. The first-order valence-corrected chi connectivity index (χ1v) is 38.6. The third-order valence-electron chi connectivity index (χ3n) is 16.9. The molecule has 0 fully saturated rings. The van der Waals surface area contributed by atoms with Gasteiger partial charge >= 0.3 is 0 Å². The van der Waals surface area contributed by atoms with E-state index < -0.39 is 26.6 Å². The van der Waals surface area contributed by atoms with Gasteiger partial charge in [-0.25, -0.2) is 0 Å². The van der Waals surface area contributed by atoms with Crippen LogP contribution >= 0.6 is 7.82 Å². The zero-order chi connectivity index (χ0) is 61.9. The van der Waals surface area contributed by atoms with Crippen LogP contribution < -0.4 is 10.2 Å². The van der Waals surface area contributed by atoms with E-state index in [1.165, 1.54) is 295 Å². The van der Waals surface area contributed by atoms with Gasteiger partial charge in [0.2, 0.25) is 5.91 Å². The van der Waals surface area contributed by atoms with Crippen molar-refractivity contribution in [3.63, 3.8) is 0 Å². The van der Waals surface area contributed by atoms with E-state index in [9.17, 15) is 19.4 Å². The molecule has 0 radical (unpaired) electrons. The minimum absolute atomic E-state index is 0.00619. The van der Waals surface area contributed by atoms with E-state index in [1.54, 1.807) is 6.08 Å². The Morgan fingerprint density at radius 1 is 0.412 bits per heavy atom. The van der Waals surface area contributed by atoms with Crippen LogP contribution in [0.3, 0.4) is 0 Å². The molecule has 1 amide bonds. The van der Waals surface area contributed by atoms with Crippen molar-refractivity contribution >= 4 is 13.7 Å². The van der Waals surface area contributed by atoms with Crippen LogP contribution in [0.25, 0.3) is 0 Å². The van der Waals surface area contributed by atoms with Crippen LogP contribution in [0.5, 0.6) is 0 Å². The maximum absolute atomic E-state index is 13.1. The van der Waals surface area contributed by atoms with E-state index in [0.29, 0.717) is 17.4 Å². The molecule has 0 aliphatic rings. The van der Waals surface area contributed by atoms with Crippen LogP contribution in [0.4, 0.5) is 0 Å². The van der Waals surface area contributed by atoms with Crippen molar-refractivity contribution in [1.29, 1.82) is 0 Å². The topological polar surface area (TPSA) is 108 Å². The molecule has 9 heteroatoms. The summed E-state index contributed by atoms with van der Waals surface area (Å²) in [7, 11) is 1.26. The average molecular weight is 1210 g/mol. The molecule has 0 aromatic carbocycles. The van der Waals surface area contributed by atoms with E-state index in [0.717, 1.165) is 51.4 Å². The van der Waals surface area contributed by atoms with Gasteiger partial charge in [-0.2, -0.15) is 0 Å². The van der Waals surface area contributed by atoms with Gasteiger partial charge in [0.1, 0.15) is 13.2 Å². The van der Waals surface area contributed by atoms with Gasteiger partial charge < -0.3 is 28.8 Å². The lowest BCUT2D eigenvalue weighted by molar-refractivity contribution is -0.870. The number of nitrogens with zero attached hydrogens (tertiary/aromatic N) is 1. The van der Waals surface area contributed by atoms with Gasteiger partial charge in [-0.05, 0) is 70.6 Å². The third-order valence-corrected chi connectivity index (χ3v) is 17.9. The SMILES string of the molecule is CCCCCCC/C=C\C/C=C\C/C=C\CCCCCCCCCCCCCCCCCCCCC(=O)NC(COP(=O)([O-])OCC[N+](C)(C)C)C(O)/C=C/CC/C=C/CCCCCCCCCCCCCCCCCCCCCCCCCC. The number of aliphatic hydroxyl groups is 1. The molecule has 0 aliphatic carbocycles. The summed E-state index contributed by atoms with van der Waals surface area (Å²) < 4.78 is 23.5. The predicted octanol–water partition coefficient (Wildman–Crippen LogP) is 23.3. The zero-order valence-corrected chi connectivity index (χ0v) is 58.2. The van der Waals surface area contributed by atoms with Crippen LogP contribution in [0.15, 0.2) is 60.8 Å². The number of hydrogen-bond acceptors (Lipinski definition) is 6. The quantitative estimate of drug-likeness (QED) is 0.0272. The number of phosphoric acid groups is 1. The first-order valence-electron chi connectivity index (χ1n) is 37.2. The normalized spacial score (nSPS) is 13.9. The molecule has 0 spiro atoms. The number of aliphatic hydroxyl groups excluding tert-OH is 1. The number of carbonyl (C=O) groups is 1. The number of phosphoric ester groups is 1. The zero-order valence-electron chi connectivity index (χ0n) is 57.3. The summed E-state index contributed by atoms with van der Waals surface area (Å²) in [6.07, 6.45) is 92.2. The highest BCUT2D eigenvalue weighted by Crippen LogP contribution is 2.38. The minimum atomic E-state index is -4.61. The van der Waals surface area contributed by atoms with Crippen LogP contribution in [0.2, 0.25) is 0 Å². The first-order chi connectivity index (χ1) is 41.5. The van der Waals surface area contributed by atoms with E-state index in [1.807, 2.05) is 27.2 Å². The lowest BCUT2D eigenvalue weighted by Crippen LogP contribution is -2.45. The fourth-order valence-electron chi connectivity index (χ4n) is 11.2.